The second-order valence-electron chi connectivity index (χ2n) is 7.70. The minimum absolute atomic E-state index is 0.129. The van der Waals surface area contributed by atoms with Gasteiger partial charge in [0.2, 0.25) is 0 Å². The first kappa shape index (κ1) is 16.1. The van der Waals surface area contributed by atoms with Crippen LogP contribution in [0.4, 0.5) is 0 Å². The highest BCUT2D eigenvalue weighted by Crippen LogP contribution is 2.42. The van der Waals surface area contributed by atoms with Crippen molar-refractivity contribution in [2.75, 3.05) is 0 Å². The monoisotopic (exact) mass is 302 g/mol. The van der Waals surface area contributed by atoms with Crippen LogP contribution in [0.2, 0.25) is 0 Å². The molecule has 0 saturated carbocycles. The predicted octanol–water partition coefficient (Wildman–Crippen LogP) is 5.44. The maximum absolute atomic E-state index is 12.8. The van der Waals surface area contributed by atoms with Crippen LogP contribution < -0.4 is 0 Å². The molecule has 0 aromatic heterocycles. The van der Waals surface area contributed by atoms with Gasteiger partial charge < -0.3 is 0 Å². The fourth-order valence-corrected chi connectivity index (χ4v) is 3.81. The largest absolute Gasteiger partial charge is 0.289 e. The van der Waals surface area contributed by atoms with Crippen LogP contribution in [0.3, 0.4) is 0 Å². The lowest BCUT2D eigenvalue weighted by Gasteiger charge is -2.31. The zero-order valence-electron chi connectivity index (χ0n) is 13.9. The molecule has 0 saturated heterocycles. The van der Waals surface area contributed by atoms with E-state index in [2.05, 4.69) is 82.1 Å². The molecule has 2 rings (SSSR count). The smallest absolute Gasteiger partial charge is 0.186 e. The van der Waals surface area contributed by atoms with E-state index in [9.17, 15) is 4.79 Å². The molecule has 0 N–H and O–H groups in total. The Morgan fingerprint density at radius 1 is 0.857 bits per heavy atom. The van der Waals surface area contributed by atoms with Crippen LogP contribution in [0.25, 0.3) is 0 Å². The Bertz CT molecular complexity index is 550. The van der Waals surface area contributed by atoms with Crippen LogP contribution in [0.1, 0.15) is 41.5 Å². The Kier molecular flexibility index (Phi) is 4.21. The first-order valence-corrected chi connectivity index (χ1v) is 8.97. The van der Waals surface area contributed by atoms with E-state index >= 15 is 0 Å². The lowest BCUT2D eigenvalue weighted by atomic mass is 9.72. The van der Waals surface area contributed by atoms with Gasteiger partial charge in [0.25, 0.3) is 0 Å². The molecule has 1 nitrogen and oxygen atoms in total. The van der Waals surface area contributed by atoms with Crippen LogP contribution in [0, 0.1) is 10.8 Å². The molecular formula is C19H26OS. The van der Waals surface area contributed by atoms with Crippen LogP contribution in [0.5, 0.6) is 0 Å². The van der Waals surface area contributed by atoms with Crippen molar-refractivity contribution in [3.05, 3.63) is 57.2 Å². The average molecular weight is 302 g/mol. The lowest BCUT2D eigenvalue weighted by Crippen LogP contribution is -2.27. The fraction of sp³-hybridized carbons (Fsp3) is 0.421. The summed E-state index contributed by atoms with van der Waals surface area (Å²) in [6.07, 6.45) is 8.36. The Balaban J connectivity index is 2.50. The third kappa shape index (κ3) is 3.68. The molecule has 0 aromatic carbocycles. The van der Waals surface area contributed by atoms with E-state index in [0.29, 0.717) is 0 Å². The minimum Gasteiger partial charge on any atom is -0.289 e. The van der Waals surface area contributed by atoms with Crippen LogP contribution in [0.15, 0.2) is 57.2 Å². The molecule has 1 aliphatic carbocycles. The summed E-state index contributed by atoms with van der Waals surface area (Å²) in [4.78, 5) is 12.8. The molecule has 2 heteroatoms. The van der Waals surface area contributed by atoms with E-state index in [1.807, 2.05) is 0 Å². The molecule has 0 bridgehead atoms. The van der Waals surface area contributed by atoms with E-state index in [4.69, 9.17) is 0 Å². The van der Waals surface area contributed by atoms with Gasteiger partial charge >= 0.3 is 0 Å². The quantitative estimate of drug-likeness (QED) is 0.638. The Morgan fingerprint density at radius 2 is 1.29 bits per heavy atom. The van der Waals surface area contributed by atoms with Gasteiger partial charge in [-0.1, -0.05) is 53.7 Å². The van der Waals surface area contributed by atoms with Gasteiger partial charge in [0, 0.05) is 11.1 Å². The maximum Gasteiger partial charge on any atom is 0.186 e. The van der Waals surface area contributed by atoms with Gasteiger partial charge in [0.05, 0.1) is 0 Å². The second-order valence-corrected chi connectivity index (χ2v) is 9.45. The third-order valence-corrected chi connectivity index (χ3v) is 5.28. The number of rotatable bonds is 1. The van der Waals surface area contributed by atoms with E-state index in [1.165, 1.54) is 5.57 Å². The fourth-order valence-electron chi connectivity index (χ4n) is 2.45. The van der Waals surface area contributed by atoms with Gasteiger partial charge in [-0.3, -0.25) is 4.79 Å². The normalized spacial score (nSPS) is 20.8. The minimum atomic E-state index is -0.316. The highest BCUT2D eigenvalue weighted by atomic mass is 32.2. The molecule has 0 fully saturated rings. The molecule has 1 heterocycles. The number of carbonyl (C=O) groups is 1. The number of hydrogen-bond acceptors (Lipinski definition) is 1. The van der Waals surface area contributed by atoms with Crippen molar-refractivity contribution in [2.24, 2.45) is 10.8 Å². The van der Waals surface area contributed by atoms with Gasteiger partial charge in [0.1, 0.15) is 0 Å². The van der Waals surface area contributed by atoms with Crippen LogP contribution in [-0.4, -0.2) is 5.78 Å². The molecule has 0 unspecified atom stereocenters. The number of thiol groups is 1. The molecule has 0 amide bonds. The Morgan fingerprint density at radius 3 is 1.67 bits per heavy atom. The van der Waals surface area contributed by atoms with E-state index in [0.717, 1.165) is 11.1 Å². The number of carbonyl (C=O) groups excluding carboxylic acids is 1. The zero-order chi connectivity index (χ0) is 15.8. The summed E-state index contributed by atoms with van der Waals surface area (Å²) >= 11 is 0. The molecule has 1 aliphatic heterocycles. The lowest BCUT2D eigenvalue weighted by molar-refractivity contribution is -0.114. The summed E-state index contributed by atoms with van der Waals surface area (Å²) < 4.78 is 0. The van der Waals surface area contributed by atoms with Crippen molar-refractivity contribution in [2.45, 2.75) is 41.5 Å². The van der Waals surface area contributed by atoms with Crippen LogP contribution in [-0.2, 0) is 4.79 Å². The summed E-state index contributed by atoms with van der Waals surface area (Å²) in [6.45, 7) is 12.7. The molecular weight excluding hydrogens is 276 g/mol. The van der Waals surface area contributed by atoms with E-state index in [-0.39, 0.29) is 27.5 Å². The molecule has 0 atom stereocenters. The van der Waals surface area contributed by atoms with Gasteiger partial charge in [0.15, 0.2) is 5.78 Å². The number of hydrogen-bond donors (Lipinski definition) is 1. The summed E-state index contributed by atoms with van der Waals surface area (Å²) in [7, 11) is -0.316. The molecule has 21 heavy (non-hydrogen) atoms. The average Bonchev–Trinajstić information content (AvgIpc) is 2.81. The molecule has 0 spiro atoms. The van der Waals surface area contributed by atoms with E-state index in [1.54, 1.807) is 0 Å². The van der Waals surface area contributed by atoms with Gasteiger partial charge in [-0.05, 0) is 44.8 Å². The highest BCUT2D eigenvalue weighted by molar-refractivity contribution is 8.24. The molecule has 0 radical (unpaired) electrons. The first-order valence-electron chi connectivity index (χ1n) is 7.42. The summed E-state index contributed by atoms with van der Waals surface area (Å²) in [5.41, 5.74) is 2.75. The number of Topliss-reactive ketones (excluding diaryl/α,β-unsaturated/α-hetero) is 1. The molecule has 2 aliphatic rings. The molecule has 114 valence electrons. The summed E-state index contributed by atoms with van der Waals surface area (Å²) in [5, 5.41) is 6.75. The maximum atomic E-state index is 12.8. The topological polar surface area (TPSA) is 17.1 Å². The third-order valence-electron chi connectivity index (χ3n) is 3.65. The highest BCUT2D eigenvalue weighted by Gasteiger charge is 2.33. The Labute approximate surface area is 131 Å². The van der Waals surface area contributed by atoms with Crippen molar-refractivity contribution in [1.82, 2.24) is 0 Å². The standard InChI is InChI=1S/C19H26OS/c1-18(2,3)15-11-14(13-21-9-7-8-10-21)12-16(17(15)20)19(4,5)6/h7-13,21H,1-6H3. The summed E-state index contributed by atoms with van der Waals surface area (Å²) in [5.74, 6) is 0.206. The Hall–Kier alpha value is -1.28. The SMILES string of the molecule is CC(C)(C)C1=CC(=C[SH]2C=CC=C2)C=C(C(C)(C)C)C1=O. The van der Waals surface area contributed by atoms with Gasteiger partial charge in [-0.25, -0.2) is 0 Å². The number of ketones is 1. The van der Waals surface area contributed by atoms with Gasteiger partial charge in [-0.15, -0.1) is 0 Å². The summed E-state index contributed by atoms with van der Waals surface area (Å²) in [6, 6.07) is 0. The van der Waals surface area contributed by atoms with Crippen LogP contribution >= 0.6 is 10.9 Å². The van der Waals surface area contributed by atoms with Crippen molar-refractivity contribution < 1.29 is 4.79 Å². The van der Waals surface area contributed by atoms with Crippen molar-refractivity contribution in [3.8, 4) is 0 Å². The second kappa shape index (κ2) is 5.49. The van der Waals surface area contributed by atoms with E-state index < -0.39 is 0 Å². The van der Waals surface area contributed by atoms with Crippen molar-refractivity contribution in [1.29, 1.82) is 0 Å². The zero-order valence-corrected chi connectivity index (χ0v) is 14.8. The van der Waals surface area contributed by atoms with Crippen molar-refractivity contribution in [3.63, 3.8) is 0 Å². The molecule has 0 aromatic rings. The predicted molar refractivity (Wildman–Crippen MR) is 95.4 cm³/mol. The van der Waals surface area contributed by atoms with Gasteiger partial charge in [-0.2, -0.15) is 10.9 Å². The number of allylic oxidation sites excluding steroid dienone is 7. The first-order chi connectivity index (χ1) is 9.59. The van der Waals surface area contributed by atoms with Crippen molar-refractivity contribution >= 4 is 16.7 Å².